The van der Waals surface area contributed by atoms with Crippen LogP contribution in [0.4, 0.5) is 5.69 Å². The van der Waals surface area contributed by atoms with Crippen LogP contribution in [-0.2, 0) is 4.74 Å². The van der Waals surface area contributed by atoms with E-state index in [2.05, 4.69) is 31.9 Å². The maximum atomic E-state index is 6.09. The number of hydrogen-bond donors (Lipinski definition) is 1. The van der Waals surface area contributed by atoms with E-state index in [4.69, 9.17) is 16.3 Å². The molecule has 0 saturated carbocycles. The fourth-order valence-corrected chi connectivity index (χ4v) is 2.88. The summed E-state index contributed by atoms with van der Waals surface area (Å²) in [6.45, 7) is 3.79. The molecule has 0 radical (unpaired) electrons. The topological polar surface area (TPSA) is 54.0 Å². The molecule has 0 aliphatic carbocycles. The van der Waals surface area contributed by atoms with Crippen molar-refractivity contribution in [2.45, 2.75) is 25.9 Å². The third-order valence-electron chi connectivity index (χ3n) is 4.13. The van der Waals surface area contributed by atoms with E-state index in [0.29, 0.717) is 11.3 Å². The zero-order chi connectivity index (χ0) is 16.2. The van der Waals surface area contributed by atoms with Crippen molar-refractivity contribution in [3.63, 3.8) is 0 Å². The molecule has 1 aliphatic heterocycles. The number of nitrogens with one attached hydrogen (secondary N) is 1. The number of piperidine rings is 1. The van der Waals surface area contributed by atoms with Crippen molar-refractivity contribution in [2.24, 2.45) is 0 Å². The molecule has 0 bridgehead atoms. The first-order chi connectivity index (χ1) is 11.2. The number of ether oxygens (including phenoxy) is 1. The van der Waals surface area contributed by atoms with Crippen LogP contribution >= 0.6 is 11.6 Å². The van der Waals surface area contributed by atoms with E-state index in [1.54, 1.807) is 19.5 Å². The van der Waals surface area contributed by atoms with Crippen LogP contribution in [-0.4, -0.2) is 41.5 Å². The fraction of sp³-hybridized carbons (Fsp3) is 0.412. The molecule has 1 aliphatic rings. The van der Waals surface area contributed by atoms with Gasteiger partial charge >= 0.3 is 0 Å². The third-order valence-corrected chi connectivity index (χ3v) is 4.33. The van der Waals surface area contributed by atoms with Crippen molar-refractivity contribution in [1.29, 1.82) is 0 Å². The summed E-state index contributed by atoms with van der Waals surface area (Å²) >= 11 is 6.09. The molecule has 3 rings (SSSR count). The first-order valence-electron chi connectivity index (χ1n) is 7.63. The highest BCUT2D eigenvalue weighted by Crippen LogP contribution is 2.26. The molecule has 23 heavy (non-hydrogen) atoms. The maximum Gasteiger partial charge on any atom is 0.131 e. The Balaban J connectivity index is 1.87. The molecule has 3 heterocycles. The number of nitrogens with zero attached hydrogens (tertiary/aromatic N) is 3. The number of halogens is 1. The van der Waals surface area contributed by atoms with E-state index in [1.807, 2.05) is 13.0 Å². The minimum absolute atomic E-state index is 0.340. The highest BCUT2D eigenvalue weighted by Gasteiger charge is 2.20. The predicted octanol–water partition coefficient (Wildman–Crippen LogP) is 2.78. The van der Waals surface area contributed by atoms with Gasteiger partial charge in [-0.3, -0.25) is 5.10 Å². The van der Waals surface area contributed by atoms with Gasteiger partial charge in [-0.2, -0.15) is 5.10 Å². The lowest BCUT2D eigenvalue weighted by molar-refractivity contribution is 0.0819. The normalized spacial score (nSPS) is 15.3. The van der Waals surface area contributed by atoms with Crippen LogP contribution in [0.5, 0.6) is 0 Å². The molecule has 0 aromatic carbocycles. The Kier molecular flexibility index (Phi) is 4.85. The van der Waals surface area contributed by atoms with Gasteiger partial charge in [0.2, 0.25) is 0 Å². The Morgan fingerprint density at radius 3 is 2.70 bits per heavy atom. The predicted molar refractivity (Wildman–Crippen MR) is 90.8 cm³/mol. The second-order valence-corrected chi connectivity index (χ2v) is 5.97. The molecule has 0 amide bonds. The largest absolute Gasteiger partial charge is 0.381 e. The highest BCUT2D eigenvalue weighted by atomic mass is 35.5. The SMILES string of the molecule is COC1CCN(c2cc(Cl)ncc2C#Cc2c[nH]nc2C)CC1. The molecule has 0 atom stereocenters. The summed E-state index contributed by atoms with van der Waals surface area (Å²) in [6.07, 6.45) is 5.89. The van der Waals surface area contributed by atoms with Crippen LogP contribution in [0.2, 0.25) is 5.15 Å². The molecule has 2 aromatic rings. The molecule has 5 nitrogen and oxygen atoms in total. The summed E-state index contributed by atoms with van der Waals surface area (Å²) in [5.41, 5.74) is 3.70. The Hall–Kier alpha value is -2.03. The molecule has 6 heteroatoms. The molecule has 0 spiro atoms. The molecular formula is C17H19ClN4O. The van der Waals surface area contributed by atoms with Gasteiger partial charge in [-0.25, -0.2) is 4.98 Å². The van der Waals surface area contributed by atoms with Crippen LogP contribution in [0.15, 0.2) is 18.5 Å². The minimum Gasteiger partial charge on any atom is -0.381 e. The van der Waals surface area contributed by atoms with Gasteiger partial charge in [0.15, 0.2) is 0 Å². The second kappa shape index (κ2) is 7.03. The number of pyridine rings is 1. The van der Waals surface area contributed by atoms with Crippen LogP contribution < -0.4 is 4.90 Å². The lowest BCUT2D eigenvalue weighted by Crippen LogP contribution is -2.37. The lowest BCUT2D eigenvalue weighted by atomic mass is 10.1. The number of aryl methyl sites for hydroxylation is 1. The summed E-state index contributed by atoms with van der Waals surface area (Å²) in [6, 6.07) is 1.89. The second-order valence-electron chi connectivity index (χ2n) is 5.58. The smallest absolute Gasteiger partial charge is 0.131 e. The third kappa shape index (κ3) is 3.66. The summed E-state index contributed by atoms with van der Waals surface area (Å²) in [4.78, 5) is 6.48. The van der Waals surface area contributed by atoms with Crippen molar-refractivity contribution in [3.8, 4) is 11.8 Å². The zero-order valence-corrected chi connectivity index (χ0v) is 14.0. The standard InChI is InChI=1S/C17H19ClN4O/c1-12-13(11-20-21-12)3-4-14-10-19-17(18)9-16(14)22-7-5-15(23-2)6-8-22/h9-11,15H,5-8H2,1-2H3,(H,20,21). The van der Waals surface area contributed by atoms with E-state index >= 15 is 0 Å². The van der Waals surface area contributed by atoms with E-state index in [-0.39, 0.29) is 0 Å². The van der Waals surface area contributed by atoms with Gasteiger partial charge < -0.3 is 9.64 Å². The number of aromatic nitrogens is 3. The molecule has 0 unspecified atom stereocenters. The maximum absolute atomic E-state index is 6.09. The van der Waals surface area contributed by atoms with Gasteiger partial charge in [0.1, 0.15) is 5.15 Å². The average Bonchev–Trinajstić information content (AvgIpc) is 2.99. The highest BCUT2D eigenvalue weighted by molar-refractivity contribution is 6.29. The molecule has 2 aromatic heterocycles. The van der Waals surface area contributed by atoms with E-state index < -0.39 is 0 Å². The van der Waals surface area contributed by atoms with Crippen molar-refractivity contribution in [2.75, 3.05) is 25.1 Å². The number of methoxy groups -OCH3 is 1. The van der Waals surface area contributed by atoms with Crippen LogP contribution in [0.3, 0.4) is 0 Å². The van der Waals surface area contributed by atoms with Gasteiger partial charge in [0, 0.05) is 38.7 Å². The Morgan fingerprint density at radius 1 is 1.30 bits per heavy atom. The van der Waals surface area contributed by atoms with E-state index in [9.17, 15) is 0 Å². The van der Waals surface area contributed by atoms with Crippen LogP contribution in [0.1, 0.15) is 29.7 Å². The number of anilines is 1. The van der Waals surface area contributed by atoms with Crippen LogP contribution in [0, 0.1) is 18.8 Å². The fourth-order valence-electron chi connectivity index (χ4n) is 2.73. The molecule has 120 valence electrons. The van der Waals surface area contributed by atoms with Crippen molar-refractivity contribution >= 4 is 17.3 Å². The number of hydrogen-bond acceptors (Lipinski definition) is 4. The van der Waals surface area contributed by atoms with Gasteiger partial charge in [0.05, 0.1) is 28.6 Å². The van der Waals surface area contributed by atoms with E-state index in [0.717, 1.165) is 48.4 Å². The summed E-state index contributed by atoms with van der Waals surface area (Å²) in [5, 5.41) is 7.39. The molecule has 1 fully saturated rings. The Morgan fingerprint density at radius 2 is 2.04 bits per heavy atom. The van der Waals surface area contributed by atoms with E-state index in [1.165, 1.54) is 0 Å². The lowest BCUT2D eigenvalue weighted by Gasteiger charge is -2.33. The van der Waals surface area contributed by atoms with Crippen molar-refractivity contribution in [1.82, 2.24) is 15.2 Å². The van der Waals surface area contributed by atoms with Gasteiger partial charge in [-0.1, -0.05) is 23.4 Å². The molecule has 1 saturated heterocycles. The quantitative estimate of drug-likeness (QED) is 0.679. The number of rotatable bonds is 2. The van der Waals surface area contributed by atoms with Crippen molar-refractivity contribution < 1.29 is 4.74 Å². The zero-order valence-electron chi connectivity index (χ0n) is 13.3. The molecule has 1 N–H and O–H groups in total. The van der Waals surface area contributed by atoms with Gasteiger partial charge in [-0.15, -0.1) is 0 Å². The first-order valence-corrected chi connectivity index (χ1v) is 8.01. The first kappa shape index (κ1) is 15.9. The summed E-state index contributed by atoms with van der Waals surface area (Å²) in [5.74, 6) is 6.35. The van der Waals surface area contributed by atoms with Crippen molar-refractivity contribution in [3.05, 3.63) is 40.4 Å². The number of H-pyrrole nitrogens is 1. The Bertz CT molecular complexity index is 739. The summed E-state index contributed by atoms with van der Waals surface area (Å²) < 4.78 is 5.44. The molecular weight excluding hydrogens is 312 g/mol. The monoisotopic (exact) mass is 330 g/mol. The van der Waals surface area contributed by atoms with Gasteiger partial charge in [-0.05, 0) is 19.8 Å². The summed E-state index contributed by atoms with van der Waals surface area (Å²) in [7, 11) is 1.77. The number of aromatic amines is 1. The Labute approximate surface area is 141 Å². The van der Waals surface area contributed by atoms with Crippen LogP contribution in [0.25, 0.3) is 0 Å². The van der Waals surface area contributed by atoms with Gasteiger partial charge in [0.25, 0.3) is 0 Å². The minimum atomic E-state index is 0.340. The average molecular weight is 331 g/mol.